The van der Waals surface area contributed by atoms with E-state index in [4.69, 9.17) is 0 Å². The Morgan fingerprint density at radius 3 is 2.44 bits per heavy atom. The fourth-order valence-electron chi connectivity index (χ4n) is 2.83. The van der Waals surface area contributed by atoms with Crippen molar-refractivity contribution >= 4 is 11.8 Å². The standard InChI is InChI=1S/C18H19FN4O2/c19-15-4-2-1-3-14(15)5-6-17(24)22-9-11-23(12-10-22)18(25)16-13-20-7-8-21-16/h1-4,7-8,13H,5-6,9-12H2. The van der Waals surface area contributed by atoms with E-state index < -0.39 is 0 Å². The molecule has 3 rings (SSSR count). The third-order valence-corrected chi connectivity index (χ3v) is 4.27. The van der Waals surface area contributed by atoms with Gasteiger partial charge in [-0.1, -0.05) is 18.2 Å². The van der Waals surface area contributed by atoms with E-state index in [9.17, 15) is 14.0 Å². The average Bonchev–Trinajstić information content (AvgIpc) is 2.67. The Labute approximate surface area is 145 Å². The van der Waals surface area contributed by atoms with Crippen molar-refractivity contribution in [2.75, 3.05) is 26.2 Å². The van der Waals surface area contributed by atoms with Crippen LogP contribution in [0.4, 0.5) is 4.39 Å². The lowest BCUT2D eigenvalue weighted by Gasteiger charge is -2.34. The summed E-state index contributed by atoms with van der Waals surface area (Å²) >= 11 is 0. The van der Waals surface area contributed by atoms with Gasteiger partial charge in [0, 0.05) is 45.0 Å². The fourth-order valence-corrected chi connectivity index (χ4v) is 2.83. The molecule has 1 aliphatic heterocycles. The third kappa shape index (κ3) is 4.17. The maximum Gasteiger partial charge on any atom is 0.274 e. The molecule has 0 N–H and O–H groups in total. The molecule has 0 spiro atoms. The van der Waals surface area contributed by atoms with Crippen LogP contribution in [-0.2, 0) is 11.2 Å². The number of piperazine rings is 1. The van der Waals surface area contributed by atoms with Crippen LogP contribution in [0.3, 0.4) is 0 Å². The van der Waals surface area contributed by atoms with Crippen LogP contribution >= 0.6 is 0 Å². The van der Waals surface area contributed by atoms with Crippen molar-refractivity contribution in [3.8, 4) is 0 Å². The van der Waals surface area contributed by atoms with E-state index in [0.717, 1.165) is 0 Å². The molecule has 2 heterocycles. The first-order valence-electron chi connectivity index (χ1n) is 8.21. The zero-order chi connectivity index (χ0) is 17.6. The van der Waals surface area contributed by atoms with Gasteiger partial charge >= 0.3 is 0 Å². The second-order valence-electron chi connectivity index (χ2n) is 5.86. The molecule has 0 aliphatic carbocycles. The molecule has 25 heavy (non-hydrogen) atoms. The highest BCUT2D eigenvalue weighted by Crippen LogP contribution is 2.12. The van der Waals surface area contributed by atoms with Crippen LogP contribution in [0.15, 0.2) is 42.9 Å². The SMILES string of the molecule is O=C(CCc1ccccc1F)N1CCN(C(=O)c2cnccn2)CC1. The summed E-state index contributed by atoms with van der Waals surface area (Å²) in [5, 5.41) is 0. The highest BCUT2D eigenvalue weighted by Gasteiger charge is 2.25. The van der Waals surface area contributed by atoms with E-state index in [1.54, 1.807) is 28.0 Å². The zero-order valence-corrected chi connectivity index (χ0v) is 13.8. The number of aromatic nitrogens is 2. The van der Waals surface area contributed by atoms with Crippen LogP contribution < -0.4 is 0 Å². The Balaban J connectivity index is 1.49. The van der Waals surface area contributed by atoms with Crippen LogP contribution in [0.2, 0.25) is 0 Å². The normalized spacial score (nSPS) is 14.4. The third-order valence-electron chi connectivity index (χ3n) is 4.27. The quantitative estimate of drug-likeness (QED) is 0.845. The zero-order valence-electron chi connectivity index (χ0n) is 13.8. The number of carbonyl (C=O) groups is 2. The van der Waals surface area contributed by atoms with Crippen LogP contribution in [0.5, 0.6) is 0 Å². The Kier molecular flexibility index (Phi) is 5.33. The van der Waals surface area contributed by atoms with Gasteiger partial charge in [0.2, 0.25) is 5.91 Å². The molecule has 0 atom stereocenters. The van der Waals surface area contributed by atoms with Crippen molar-refractivity contribution in [1.82, 2.24) is 19.8 Å². The molecule has 6 nitrogen and oxygen atoms in total. The highest BCUT2D eigenvalue weighted by atomic mass is 19.1. The number of carbonyl (C=O) groups excluding carboxylic acids is 2. The van der Waals surface area contributed by atoms with Crippen molar-refractivity contribution in [1.29, 1.82) is 0 Å². The van der Waals surface area contributed by atoms with E-state index in [1.165, 1.54) is 24.7 Å². The van der Waals surface area contributed by atoms with Crippen molar-refractivity contribution in [3.05, 3.63) is 59.9 Å². The predicted molar refractivity (Wildman–Crippen MR) is 89.2 cm³/mol. The van der Waals surface area contributed by atoms with Gasteiger partial charge in [-0.05, 0) is 18.1 Å². The molecular weight excluding hydrogens is 323 g/mol. The first-order valence-corrected chi connectivity index (χ1v) is 8.21. The second-order valence-corrected chi connectivity index (χ2v) is 5.86. The van der Waals surface area contributed by atoms with Gasteiger partial charge in [0.1, 0.15) is 11.5 Å². The molecule has 2 aromatic rings. The summed E-state index contributed by atoms with van der Waals surface area (Å²) in [4.78, 5) is 35.9. The molecule has 0 radical (unpaired) electrons. The van der Waals surface area contributed by atoms with E-state index in [2.05, 4.69) is 9.97 Å². The fraction of sp³-hybridized carbons (Fsp3) is 0.333. The average molecular weight is 342 g/mol. The molecule has 130 valence electrons. The second kappa shape index (κ2) is 7.83. The number of rotatable bonds is 4. The lowest BCUT2D eigenvalue weighted by atomic mass is 10.1. The van der Waals surface area contributed by atoms with Gasteiger partial charge in [-0.25, -0.2) is 9.37 Å². The lowest BCUT2D eigenvalue weighted by molar-refractivity contribution is -0.132. The van der Waals surface area contributed by atoms with E-state index in [0.29, 0.717) is 43.9 Å². The van der Waals surface area contributed by atoms with Gasteiger partial charge in [-0.15, -0.1) is 0 Å². The maximum atomic E-state index is 13.6. The molecule has 1 aromatic heterocycles. The topological polar surface area (TPSA) is 66.4 Å². The predicted octanol–water partition coefficient (Wildman–Crippen LogP) is 1.53. The maximum absolute atomic E-state index is 13.6. The molecule has 1 aliphatic rings. The van der Waals surface area contributed by atoms with Gasteiger partial charge in [0.05, 0.1) is 6.20 Å². The number of aryl methyl sites for hydroxylation is 1. The summed E-state index contributed by atoms with van der Waals surface area (Å²) in [5.41, 5.74) is 0.856. The van der Waals surface area contributed by atoms with Gasteiger partial charge in [0.25, 0.3) is 5.91 Å². The number of hydrogen-bond donors (Lipinski definition) is 0. The lowest BCUT2D eigenvalue weighted by Crippen LogP contribution is -2.50. The van der Waals surface area contributed by atoms with Gasteiger partial charge in [0.15, 0.2) is 0 Å². The summed E-state index contributed by atoms with van der Waals surface area (Å²) in [6.45, 7) is 1.87. The summed E-state index contributed by atoms with van der Waals surface area (Å²) < 4.78 is 13.6. The van der Waals surface area contributed by atoms with E-state index >= 15 is 0 Å². The number of benzene rings is 1. The Bertz CT molecular complexity index is 746. The van der Waals surface area contributed by atoms with Crippen molar-refractivity contribution in [2.24, 2.45) is 0 Å². The molecule has 0 bridgehead atoms. The monoisotopic (exact) mass is 342 g/mol. The molecule has 1 saturated heterocycles. The molecule has 0 saturated carbocycles. The van der Waals surface area contributed by atoms with E-state index in [-0.39, 0.29) is 24.1 Å². The first-order chi connectivity index (χ1) is 12.1. The largest absolute Gasteiger partial charge is 0.339 e. The summed E-state index contributed by atoms with van der Waals surface area (Å²) in [6, 6.07) is 6.49. The van der Waals surface area contributed by atoms with Crippen LogP contribution in [-0.4, -0.2) is 57.8 Å². The molecule has 1 fully saturated rings. The van der Waals surface area contributed by atoms with Crippen molar-refractivity contribution < 1.29 is 14.0 Å². The Morgan fingerprint density at radius 2 is 1.76 bits per heavy atom. The summed E-state index contributed by atoms with van der Waals surface area (Å²) in [5.74, 6) is -0.476. The van der Waals surface area contributed by atoms with Gasteiger partial charge in [-0.3, -0.25) is 14.6 Å². The minimum Gasteiger partial charge on any atom is -0.339 e. The molecule has 7 heteroatoms. The van der Waals surface area contributed by atoms with Crippen LogP contribution in [0.1, 0.15) is 22.5 Å². The highest BCUT2D eigenvalue weighted by molar-refractivity contribution is 5.92. The van der Waals surface area contributed by atoms with Crippen LogP contribution in [0.25, 0.3) is 0 Å². The van der Waals surface area contributed by atoms with Crippen LogP contribution in [0, 0.1) is 5.82 Å². The smallest absolute Gasteiger partial charge is 0.274 e. The number of halogens is 1. The first kappa shape index (κ1) is 17.0. The molecule has 0 unspecified atom stereocenters. The molecular formula is C18H19FN4O2. The molecule has 2 amide bonds. The summed E-state index contributed by atoms with van der Waals surface area (Å²) in [6.07, 6.45) is 5.08. The summed E-state index contributed by atoms with van der Waals surface area (Å²) in [7, 11) is 0. The van der Waals surface area contributed by atoms with Crippen molar-refractivity contribution in [2.45, 2.75) is 12.8 Å². The number of nitrogens with zero attached hydrogens (tertiary/aromatic N) is 4. The minimum atomic E-state index is -0.283. The number of hydrogen-bond acceptors (Lipinski definition) is 4. The van der Waals surface area contributed by atoms with Crippen molar-refractivity contribution in [3.63, 3.8) is 0 Å². The minimum absolute atomic E-state index is 0.0187. The van der Waals surface area contributed by atoms with E-state index in [1.807, 2.05) is 0 Å². The molecule has 1 aromatic carbocycles. The Morgan fingerprint density at radius 1 is 1.04 bits per heavy atom. The Hall–Kier alpha value is -2.83. The number of amides is 2. The van der Waals surface area contributed by atoms with Gasteiger partial charge < -0.3 is 9.80 Å². The van der Waals surface area contributed by atoms with Gasteiger partial charge in [-0.2, -0.15) is 0 Å².